The summed E-state index contributed by atoms with van der Waals surface area (Å²) >= 11 is 0. The SMILES string of the molecule is CCNC(=NCCc1ccc(C(C)(C)C)cc1)N1CCC(COC)C1.I. The summed E-state index contributed by atoms with van der Waals surface area (Å²) in [4.78, 5) is 7.22. The van der Waals surface area contributed by atoms with E-state index in [1.54, 1.807) is 7.11 Å². The molecule has 4 nitrogen and oxygen atoms in total. The van der Waals surface area contributed by atoms with Crippen LogP contribution in [0.1, 0.15) is 45.2 Å². The predicted molar refractivity (Wildman–Crippen MR) is 122 cm³/mol. The van der Waals surface area contributed by atoms with E-state index in [1.165, 1.54) is 17.5 Å². The molecule has 0 bridgehead atoms. The number of methoxy groups -OCH3 is 1. The van der Waals surface area contributed by atoms with E-state index in [2.05, 4.69) is 62.2 Å². The van der Waals surface area contributed by atoms with E-state index in [0.29, 0.717) is 5.92 Å². The third kappa shape index (κ3) is 7.06. The van der Waals surface area contributed by atoms with Gasteiger partial charge in [-0.15, -0.1) is 24.0 Å². The van der Waals surface area contributed by atoms with E-state index in [-0.39, 0.29) is 29.4 Å². The van der Waals surface area contributed by atoms with Gasteiger partial charge in [-0.05, 0) is 36.3 Å². The zero-order chi connectivity index (χ0) is 18.3. The van der Waals surface area contributed by atoms with Crippen molar-refractivity contribution in [2.24, 2.45) is 10.9 Å². The number of halogens is 1. The third-order valence-electron chi connectivity index (χ3n) is 4.80. The van der Waals surface area contributed by atoms with Gasteiger partial charge >= 0.3 is 0 Å². The maximum Gasteiger partial charge on any atom is 0.193 e. The number of likely N-dealkylation sites (tertiary alicyclic amines) is 1. The second-order valence-electron chi connectivity index (χ2n) is 7.99. The van der Waals surface area contributed by atoms with Crippen LogP contribution in [0.5, 0.6) is 0 Å². The lowest BCUT2D eigenvalue weighted by Crippen LogP contribution is -2.40. The summed E-state index contributed by atoms with van der Waals surface area (Å²) in [5.41, 5.74) is 2.95. The van der Waals surface area contributed by atoms with Crippen LogP contribution in [0.3, 0.4) is 0 Å². The summed E-state index contributed by atoms with van der Waals surface area (Å²) in [5.74, 6) is 1.67. The number of benzene rings is 1. The van der Waals surface area contributed by atoms with E-state index < -0.39 is 0 Å². The monoisotopic (exact) mass is 473 g/mol. The topological polar surface area (TPSA) is 36.9 Å². The van der Waals surface area contributed by atoms with Crippen LogP contribution in [0.25, 0.3) is 0 Å². The van der Waals surface area contributed by atoms with E-state index in [0.717, 1.165) is 45.2 Å². The maximum atomic E-state index is 5.30. The zero-order valence-corrected chi connectivity index (χ0v) is 19.4. The molecule has 0 radical (unpaired) electrons. The van der Waals surface area contributed by atoms with Gasteiger partial charge in [0.1, 0.15) is 0 Å². The van der Waals surface area contributed by atoms with E-state index in [4.69, 9.17) is 9.73 Å². The van der Waals surface area contributed by atoms with Gasteiger partial charge in [0.2, 0.25) is 0 Å². The summed E-state index contributed by atoms with van der Waals surface area (Å²) in [5, 5.41) is 3.44. The Hall–Kier alpha value is -0.820. The van der Waals surface area contributed by atoms with Gasteiger partial charge in [0.15, 0.2) is 5.96 Å². The number of nitrogens with one attached hydrogen (secondary N) is 1. The molecule has 1 aromatic rings. The fourth-order valence-corrected chi connectivity index (χ4v) is 3.28. The smallest absolute Gasteiger partial charge is 0.193 e. The molecule has 1 N–H and O–H groups in total. The van der Waals surface area contributed by atoms with Crippen molar-refractivity contribution in [2.45, 2.75) is 46.0 Å². The van der Waals surface area contributed by atoms with Crippen molar-refractivity contribution in [3.8, 4) is 0 Å². The van der Waals surface area contributed by atoms with Gasteiger partial charge in [-0.3, -0.25) is 4.99 Å². The highest BCUT2D eigenvalue weighted by Crippen LogP contribution is 2.22. The Balaban J connectivity index is 0.00000338. The fraction of sp³-hybridized carbons (Fsp3) is 0.667. The molecule has 1 fully saturated rings. The van der Waals surface area contributed by atoms with Crippen molar-refractivity contribution in [3.05, 3.63) is 35.4 Å². The van der Waals surface area contributed by atoms with Crippen molar-refractivity contribution >= 4 is 29.9 Å². The molecule has 1 atom stereocenters. The molecule has 1 aliphatic heterocycles. The Morgan fingerprint density at radius 3 is 2.54 bits per heavy atom. The molecule has 26 heavy (non-hydrogen) atoms. The molecule has 1 heterocycles. The van der Waals surface area contributed by atoms with Crippen molar-refractivity contribution in [1.29, 1.82) is 0 Å². The first-order valence-corrected chi connectivity index (χ1v) is 9.55. The van der Waals surface area contributed by atoms with Crippen LogP contribution in [0.15, 0.2) is 29.3 Å². The number of guanidine groups is 1. The average molecular weight is 473 g/mol. The second-order valence-corrected chi connectivity index (χ2v) is 7.99. The van der Waals surface area contributed by atoms with E-state index >= 15 is 0 Å². The van der Waals surface area contributed by atoms with Gasteiger partial charge < -0.3 is 15.0 Å². The van der Waals surface area contributed by atoms with Crippen molar-refractivity contribution in [1.82, 2.24) is 10.2 Å². The van der Waals surface area contributed by atoms with E-state index in [9.17, 15) is 0 Å². The normalized spacial score (nSPS) is 18.0. The van der Waals surface area contributed by atoms with Gasteiger partial charge in [-0.25, -0.2) is 0 Å². The average Bonchev–Trinajstić information content (AvgIpc) is 3.02. The molecule has 0 saturated carbocycles. The quantitative estimate of drug-likeness (QED) is 0.385. The van der Waals surface area contributed by atoms with Gasteiger partial charge in [0, 0.05) is 39.2 Å². The molecule has 0 aliphatic carbocycles. The number of aliphatic imine (C=N–C) groups is 1. The third-order valence-corrected chi connectivity index (χ3v) is 4.80. The molecule has 1 aliphatic rings. The van der Waals surface area contributed by atoms with Crippen molar-refractivity contribution in [3.63, 3.8) is 0 Å². The molecular weight excluding hydrogens is 437 g/mol. The molecule has 148 valence electrons. The van der Waals surface area contributed by atoms with Gasteiger partial charge in [-0.1, -0.05) is 45.0 Å². The number of rotatable bonds is 6. The molecule has 1 saturated heterocycles. The van der Waals surface area contributed by atoms with Crippen LogP contribution in [-0.2, 0) is 16.6 Å². The summed E-state index contributed by atoms with van der Waals surface area (Å²) in [6, 6.07) is 8.99. The molecule has 0 amide bonds. The first-order chi connectivity index (χ1) is 11.9. The molecule has 2 rings (SSSR count). The lowest BCUT2D eigenvalue weighted by atomic mass is 9.86. The number of hydrogen-bond acceptors (Lipinski definition) is 2. The van der Waals surface area contributed by atoms with Crippen LogP contribution in [0.4, 0.5) is 0 Å². The molecule has 0 spiro atoms. The Bertz CT molecular complexity index is 551. The van der Waals surface area contributed by atoms with Gasteiger partial charge in [-0.2, -0.15) is 0 Å². The standard InChI is InChI=1S/C21H35N3O.HI/c1-6-22-20(24-14-12-18(15-24)16-25-5)23-13-11-17-7-9-19(10-8-17)21(2,3)4;/h7-10,18H,6,11-16H2,1-5H3,(H,22,23);1H. The first kappa shape index (κ1) is 23.2. The Kier molecular flexibility index (Phi) is 9.93. The number of ether oxygens (including phenoxy) is 1. The second kappa shape index (κ2) is 11.1. The summed E-state index contributed by atoms with van der Waals surface area (Å²) in [6.07, 6.45) is 2.17. The first-order valence-electron chi connectivity index (χ1n) is 9.55. The van der Waals surface area contributed by atoms with Crippen LogP contribution in [0.2, 0.25) is 0 Å². The van der Waals surface area contributed by atoms with Gasteiger partial charge in [0.25, 0.3) is 0 Å². The number of hydrogen-bond donors (Lipinski definition) is 1. The molecule has 1 aromatic carbocycles. The predicted octanol–water partition coefficient (Wildman–Crippen LogP) is 4.08. The number of nitrogens with zero attached hydrogens (tertiary/aromatic N) is 2. The summed E-state index contributed by atoms with van der Waals surface area (Å²) < 4.78 is 5.30. The lowest BCUT2D eigenvalue weighted by molar-refractivity contribution is 0.157. The highest BCUT2D eigenvalue weighted by molar-refractivity contribution is 14.0. The van der Waals surface area contributed by atoms with Crippen LogP contribution >= 0.6 is 24.0 Å². The molecule has 1 unspecified atom stereocenters. The highest BCUT2D eigenvalue weighted by atomic mass is 127. The fourth-order valence-electron chi connectivity index (χ4n) is 3.28. The molecular formula is C21H36IN3O. The highest BCUT2D eigenvalue weighted by Gasteiger charge is 2.24. The largest absolute Gasteiger partial charge is 0.384 e. The maximum absolute atomic E-state index is 5.30. The van der Waals surface area contributed by atoms with Gasteiger partial charge in [0.05, 0.1) is 6.61 Å². The van der Waals surface area contributed by atoms with Crippen molar-refractivity contribution in [2.75, 3.05) is 39.9 Å². The zero-order valence-electron chi connectivity index (χ0n) is 17.0. The Morgan fingerprint density at radius 1 is 1.27 bits per heavy atom. The van der Waals surface area contributed by atoms with Crippen LogP contribution in [0, 0.1) is 5.92 Å². The van der Waals surface area contributed by atoms with Crippen LogP contribution in [-0.4, -0.2) is 50.8 Å². The summed E-state index contributed by atoms with van der Waals surface area (Å²) in [7, 11) is 1.78. The Labute approximate surface area is 176 Å². The molecule has 0 aromatic heterocycles. The minimum absolute atomic E-state index is 0. The Morgan fingerprint density at radius 2 is 1.96 bits per heavy atom. The summed E-state index contributed by atoms with van der Waals surface area (Å²) in [6.45, 7) is 13.6. The van der Waals surface area contributed by atoms with E-state index in [1.807, 2.05) is 0 Å². The minimum atomic E-state index is 0. The lowest BCUT2D eigenvalue weighted by Gasteiger charge is -2.21. The van der Waals surface area contributed by atoms with Crippen molar-refractivity contribution < 1.29 is 4.74 Å². The molecule has 5 heteroatoms. The van der Waals surface area contributed by atoms with Crippen LogP contribution < -0.4 is 5.32 Å². The minimum Gasteiger partial charge on any atom is -0.384 e.